The van der Waals surface area contributed by atoms with Crippen LogP contribution in [0.1, 0.15) is 51.0 Å². The SMILES string of the molecule is CCCCCCCCc1csc(N=C2NCCN2)c1. The van der Waals surface area contributed by atoms with Gasteiger partial charge in [0.15, 0.2) is 5.96 Å². The van der Waals surface area contributed by atoms with Gasteiger partial charge in [-0.25, -0.2) is 4.99 Å². The fraction of sp³-hybridized carbons (Fsp3) is 0.667. The van der Waals surface area contributed by atoms with Crippen molar-refractivity contribution in [3.8, 4) is 0 Å². The van der Waals surface area contributed by atoms with E-state index in [1.807, 2.05) is 0 Å². The predicted molar refractivity (Wildman–Crippen MR) is 84.5 cm³/mol. The molecule has 1 aliphatic rings. The molecule has 2 rings (SSSR count). The standard InChI is InChI=1S/C15H25N3S/c1-2-3-4-5-6-7-8-13-11-14(19-12-13)18-15-16-9-10-17-15/h11-12H,2-10H2,1H3,(H2,16,17,18). The van der Waals surface area contributed by atoms with Crippen LogP contribution in [0.4, 0.5) is 5.00 Å². The van der Waals surface area contributed by atoms with Gasteiger partial charge in [0.2, 0.25) is 0 Å². The Bertz CT molecular complexity index is 390. The average Bonchev–Trinajstić information content (AvgIpc) is 3.06. The van der Waals surface area contributed by atoms with Gasteiger partial charge in [-0.3, -0.25) is 0 Å². The minimum atomic E-state index is 0.924. The van der Waals surface area contributed by atoms with Crippen molar-refractivity contribution >= 4 is 22.3 Å². The van der Waals surface area contributed by atoms with E-state index in [0.717, 1.165) is 24.1 Å². The van der Waals surface area contributed by atoms with Crippen molar-refractivity contribution < 1.29 is 0 Å². The number of aliphatic imine (C=N–C) groups is 1. The zero-order valence-corrected chi connectivity index (χ0v) is 12.7. The van der Waals surface area contributed by atoms with E-state index < -0.39 is 0 Å². The van der Waals surface area contributed by atoms with Crippen molar-refractivity contribution in [2.45, 2.75) is 51.9 Å². The highest BCUT2D eigenvalue weighted by molar-refractivity contribution is 7.14. The van der Waals surface area contributed by atoms with Gasteiger partial charge in [-0.2, -0.15) is 0 Å². The lowest BCUT2D eigenvalue weighted by molar-refractivity contribution is 0.608. The normalized spacial score (nSPS) is 14.3. The predicted octanol–water partition coefficient (Wildman–Crippen LogP) is 3.83. The zero-order valence-electron chi connectivity index (χ0n) is 11.9. The molecule has 0 aromatic carbocycles. The van der Waals surface area contributed by atoms with Crippen LogP contribution in [-0.4, -0.2) is 19.0 Å². The topological polar surface area (TPSA) is 36.4 Å². The van der Waals surface area contributed by atoms with Crippen LogP contribution in [-0.2, 0) is 6.42 Å². The summed E-state index contributed by atoms with van der Waals surface area (Å²) in [6, 6.07) is 2.23. The number of unbranched alkanes of at least 4 members (excludes halogenated alkanes) is 5. The van der Waals surface area contributed by atoms with E-state index in [4.69, 9.17) is 0 Å². The first-order chi connectivity index (χ1) is 9.38. The number of hydrogen-bond acceptors (Lipinski definition) is 2. The summed E-state index contributed by atoms with van der Waals surface area (Å²) in [4.78, 5) is 4.56. The summed E-state index contributed by atoms with van der Waals surface area (Å²) in [5.41, 5.74) is 1.44. The molecule has 0 spiro atoms. The van der Waals surface area contributed by atoms with Crippen LogP contribution >= 0.6 is 11.3 Å². The van der Waals surface area contributed by atoms with E-state index >= 15 is 0 Å². The number of hydrogen-bond donors (Lipinski definition) is 2. The summed E-state index contributed by atoms with van der Waals surface area (Å²) in [5, 5.41) is 9.82. The van der Waals surface area contributed by atoms with Gasteiger partial charge >= 0.3 is 0 Å². The van der Waals surface area contributed by atoms with Crippen molar-refractivity contribution in [2.75, 3.05) is 13.1 Å². The Kier molecular flexibility index (Phi) is 6.21. The summed E-state index contributed by atoms with van der Waals surface area (Å²) in [5.74, 6) is 0.924. The number of rotatable bonds is 8. The minimum absolute atomic E-state index is 0.924. The Labute approximate surface area is 120 Å². The maximum absolute atomic E-state index is 4.56. The first-order valence-corrected chi connectivity index (χ1v) is 8.40. The van der Waals surface area contributed by atoms with E-state index in [-0.39, 0.29) is 0 Å². The van der Waals surface area contributed by atoms with E-state index in [0.29, 0.717) is 0 Å². The van der Waals surface area contributed by atoms with Crippen LogP contribution in [0, 0.1) is 0 Å². The van der Waals surface area contributed by atoms with Crippen LogP contribution in [0.2, 0.25) is 0 Å². The summed E-state index contributed by atoms with van der Waals surface area (Å²) in [6.07, 6.45) is 9.39. The number of guanidine groups is 1. The molecule has 0 radical (unpaired) electrons. The van der Waals surface area contributed by atoms with Crippen molar-refractivity contribution in [3.63, 3.8) is 0 Å². The first-order valence-electron chi connectivity index (χ1n) is 7.52. The molecule has 2 heterocycles. The third kappa shape index (κ3) is 5.23. The summed E-state index contributed by atoms with van der Waals surface area (Å²) < 4.78 is 0. The highest BCUT2D eigenvalue weighted by atomic mass is 32.1. The molecule has 0 saturated carbocycles. The fourth-order valence-corrected chi connectivity index (χ4v) is 3.10. The Balaban J connectivity index is 1.67. The van der Waals surface area contributed by atoms with Crippen molar-refractivity contribution in [1.29, 1.82) is 0 Å². The molecule has 1 fully saturated rings. The number of thiophene rings is 1. The van der Waals surface area contributed by atoms with Crippen molar-refractivity contribution in [1.82, 2.24) is 10.6 Å². The van der Waals surface area contributed by atoms with Gasteiger partial charge in [0, 0.05) is 13.1 Å². The number of nitrogens with one attached hydrogen (secondary N) is 2. The molecule has 0 atom stereocenters. The monoisotopic (exact) mass is 279 g/mol. The molecule has 106 valence electrons. The molecular formula is C15H25N3S. The molecule has 0 aliphatic carbocycles. The molecule has 0 amide bonds. The quantitative estimate of drug-likeness (QED) is 0.710. The van der Waals surface area contributed by atoms with Crippen LogP contribution in [0.3, 0.4) is 0 Å². The molecule has 1 aliphatic heterocycles. The van der Waals surface area contributed by atoms with Gasteiger partial charge < -0.3 is 10.6 Å². The van der Waals surface area contributed by atoms with Crippen LogP contribution in [0.15, 0.2) is 16.4 Å². The van der Waals surface area contributed by atoms with Gasteiger partial charge in [0.05, 0.1) is 0 Å². The zero-order chi connectivity index (χ0) is 13.3. The van der Waals surface area contributed by atoms with E-state index in [1.54, 1.807) is 11.3 Å². The largest absolute Gasteiger partial charge is 0.354 e. The van der Waals surface area contributed by atoms with E-state index in [1.165, 1.54) is 50.5 Å². The second-order valence-corrected chi connectivity index (χ2v) is 6.01. The maximum Gasteiger partial charge on any atom is 0.197 e. The second kappa shape index (κ2) is 8.20. The number of aryl methyl sites for hydroxylation is 1. The lowest BCUT2D eigenvalue weighted by Gasteiger charge is -1.99. The maximum atomic E-state index is 4.56. The van der Waals surface area contributed by atoms with E-state index in [2.05, 4.69) is 34.0 Å². The molecule has 3 nitrogen and oxygen atoms in total. The highest BCUT2D eigenvalue weighted by Crippen LogP contribution is 2.25. The molecule has 1 saturated heterocycles. The highest BCUT2D eigenvalue weighted by Gasteiger charge is 2.06. The number of nitrogens with zero attached hydrogens (tertiary/aromatic N) is 1. The van der Waals surface area contributed by atoms with Crippen LogP contribution < -0.4 is 10.6 Å². The lowest BCUT2D eigenvalue weighted by atomic mass is 10.1. The molecule has 0 unspecified atom stereocenters. The molecular weight excluding hydrogens is 254 g/mol. The van der Waals surface area contributed by atoms with Crippen molar-refractivity contribution in [3.05, 3.63) is 17.0 Å². The average molecular weight is 279 g/mol. The Morgan fingerprint density at radius 2 is 1.84 bits per heavy atom. The van der Waals surface area contributed by atoms with Gasteiger partial charge in [-0.15, -0.1) is 11.3 Å². The Morgan fingerprint density at radius 3 is 2.63 bits per heavy atom. The van der Waals surface area contributed by atoms with Gasteiger partial charge in [-0.05, 0) is 29.9 Å². The Morgan fingerprint density at radius 1 is 1.11 bits per heavy atom. The summed E-state index contributed by atoms with van der Waals surface area (Å²) in [6.45, 7) is 4.23. The summed E-state index contributed by atoms with van der Waals surface area (Å²) in [7, 11) is 0. The minimum Gasteiger partial charge on any atom is -0.354 e. The second-order valence-electron chi connectivity index (χ2n) is 5.12. The molecule has 1 aromatic rings. The lowest BCUT2D eigenvalue weighted by Crippen LogP contribution is -2.22. The van der Waals surface area contributed by atoms with Gasteiger partial charge in [-0.1, -0.05) is 39.0 Å². The third-order valence-electron chi connectivity index (χ3n) is 3.39. The molecule has 4 heteroatoms. The van der Waals surface area contributed by atoms with E-state index in [9.17, 15) is 0 Å². The third-order valence-corrected chi connectivity index (χ3v) is 4.26. The molecule has 0 bridgehead atoms. The Hall–Kier alpha value is -1.03. The van der Waals surface area contributed by atoms with Crippen molar-refractivity contribution in [2.24, 2.45) is 4.99 Å². The smallest absolute Gasteiger partial charge is 0.197 e. The van der Waals surface area contributed by atoms with Gasteiger partial charge in [0.1, 0.15) is 5.00 Å². The first kappa shape index (κ1) is 14.4. The van der Waals surface area contributed by atoms with Crippen LogP contribution in [0.25, 0.3) is 0 Å². The molecule has 19 heavy (non-hydrogen) atoms. The van der Waals surface area contributed by atoms with Gasteiger partial charge in [0.25, 0.3) is 0 Å². The molecule has 2 N–H and O–H groups in total. The summed E-state index contributed by atoms with van der Waals surface area (Å²) >= 11 is 1.74. The molecule has 1 aromatic heterocycles. The van der Waals surface area contributed by atoms with Crippen LogP contribution in [0.5, 0.6) is 0 Å². The fourth-order valence-electron chi connectivity index (χ4n) is 2.28.